The van der Waals surface area contributed by atoms with Gasteiger partial charge in [-0.1, -0.05) is 6.92 Å². The van der Waals surface area contributed by atoms with E-state index < -0.39 is 0 Å². The molecule has 2 aromatic rings. The predicted octanol–water partition coefficient (Wildman–Crippen LogP) is 3.32. The van der Waals surface area contributed by atoms with E-state index in [9.17, 15) is 0 Å². The maximum atomic E-state index is 4.45. The summed E-state index contributed by atoms with van der Waals surface area (Å²) >= 11 is 1.76. The van der Waals surface area contributed by atoms with Crippen LogP contribution in [-0.4, -0.2) is 17.0 Å². The summed E-state index contributed by atoms with van der Waals surface area (Å²) < 4.78 is 0. The van der Waals surface area contributed by atoms with Gasteiger partial charge in [0.15, 0.2) is 0 Å². The van der Waals surface area contributed by atoms with Gasteiger partial charge in [0, 0.05) is 18.1 Å². The van der Waals surface area contributed by atoms with Crippen LogP contribution in [0.15, 0.2) is 24.7 Å². The van der Waals surface area contributed by atoms with Crippen molar-refractivity contribution in [2.45, 2.75) is 26.3 Å². The van der Waals surface area contributed by atoms with Gasteiger partial charge in [0.05, 0.1) is 29.8 Å². The van der Waals surface area contributed by atoms with Crippen LogP contribution in [0, 0.1) is 0 Å². The van der Waals surface area contributed by atoms with Crippen LogP contribution in [0.4, 0.5) is 11.4 Å². The van der Waals surface area contributed by atoms with Crippen LogP contribution in [-0.2, 0) is 6.42 Å². The minimum atomic E-state index is 0.198. The molecule has 4 nitrogen and oxygen atoms in total. The molecule has 5 heteroatoms. The van der Waals surface area contributed by atoms with E-state index in [0.29, 0.717) is 0 Å². The largest absolute Gasteiger partial charge is 0.387 e. The van der Waals surface area contributed by atoms with Gasteiger partial charge in [0.2, 0.25) is 0 Å². The molecular formula is C13H18N4S. The number of hydrogen-bond acceptors (Lipinski definition) is 5. The second kappa shape index (κ2) is 5.82. The molecule has 0 saturated heterocycles. The highest BCUT2D eigenvalue weighted by molar-refractivity contribution is 7.11. The highest BCUT2D eigenvalue weighted by Gasteiger charge is 2.10. The number of nitrogens with one attached hydrogen (secondary N) is 2. The van der Waals surface area contributed by atoms with Gasteiger partial charge in [-0.25, -0.2) is 4.98 Å². The number of rotatable bonds is 5. The SMILES string of the molecule is CCc1cnc(C(C)Nc2cncc(NC)c2)s1. The van der Waals surface area contributed by atoms with Crippen molar-refractivity contribution >= 4 is 22.7 Å². The Kier molecular flexibility index (Phi) is 4.15. The third-order valence-electron chi connectivity index (χ3n) is 2.70. The number of nitrogens with zero attached hydrogens (tertiary/aromatic N) is 2. The van der Waals surface area contributed by atoms with Crippen LogP contribution in [0.5, 0.6) is 0 Å². The summed E-state index contributed by atoms with van der Waals surface area (Å²) in [6, 6.07) is 2.24. The van der Waals surface area contributed by atoms with Crippen LogP contribution in [0.1, 0.15) is 29.8 Å². The van der Waals surface area contributed by atoms with Gasteiger partial charge in [0.25, 0.3) is 0 Å². The predicted molar refractivity (Wildman–Crippen MR) is 77.3 cm³/mol. The van der Waals surface area contributed by atoms with Crippen molar-refractivity contribution in [2.75, 3.05) is 17.7 Å². The zero-order chi connectivity index (χ0) is 13.0. The summed E-state index contributed by atoms with van der Waals surface area (Å²) in [5.74, 6) is 0. The van der Waals surface area contributed by atoms with Crippen LogP contribution in [0.25, 0.3) is 0 Å². The summed E-state index contributed by atoms with van der Waals surface area (Å²) in [5, 5.41) is 7.61. The molecule has 0 fully saturated rings. The maximum absolute atomic E-state index is 4.45. The fraction of sp³-hybridized carbons (Fsp3) is 0.385. The molecule has 18 heavy (non-hydrogen) atoms. The number of aryl methyl sites for hydroxylation is 1. The molecule has 2 heterocycles. The summed E-state index contributed by atoms with van der Waals surface area (Å²) in [7, 11) is 1.89. The fourth-order valence-corrected chi connectivity index (χ4v) is 2.51. The second-order valence-corrected chi connectivity index (χ2v) is 5.24. The first kappa shape index (κ1) is 12.8. The van der Waals surface area contributed by atoms with E-state index in [-0.39, 0.29) is 6.04 Å². The Balaban J connectivity index is 2.08. The number of pyridine rings is 1. The Morgan fingerprint density at radius 1 is 1.28 bits per heavy atom. The van der Waals surface area contributed by atoms with Crippen LogP contribution in [0.3, 0.4) is 0 Å². The first-order chi connectivity index (χ1) is 8.72. The van der Waals surface area contributed by atoms with Crippen LogP contribution in [0.2, 0.25) is 0 Å². The summed E-state index contributed by atoms with van der Waals surface area (Å²) in [6.45, 7) is 4.26. The number of anilines is 2. The minimum Gasteiger partial charge on any atom is -0.387 e. The van der Waals surface area contributed by atoms with Crippen molar-refractivity contribution in [3.8, 4) is 0 Å². The zero-order valence-corrected chi connectivity index (χ0v) is 11.7. The highest BCUT2D eigenvalue weighted by Crippen LogP contribution is 2.24. The molecule has 0 radical (unpaired) electrons. The molecule has 0 aliphatic heterocycles. The Hall–Kier alpha value is -1.62. The molecule has 1 atom stereocenters. The molecule has 0 aliphatic carbocycles. The lowest BCUT2D eigenvalue weighted by Crippen LogP contribution is -2.06. The van der Waals surface area contributed by atoms with E-state index in [1.165, 1.54) is 4.88 Å². The van der Waals surface area contributed by atoms with E-state index in [1.54, 1.807) is 17.5 Å². The Bertz CT molecular complexity index is 509. The van der Waals surface area contributed by atoms with E-state index in [0.717, 1.165) is 22.8 Å². The molecule has 0 saturated carbocycles. The topological polar surface area (TPSA) is 49.8 Å². The molecule has 2 N–H and O–H groups in total. The van der Waals surface area contributed by atoms with Crippen molar-refractivity contribution in [3.05, 3.63) is 34.5 Å². The van der Waals surface area contributed by atoms with Gasteiger partial charge in [-0.05, 0) is 19.4 Å². The van der Waals surface area contributed by atoms with Gasteiger partial charge in [0.1, 0.15) is 5.01 Å². The number of thiazole rings is 1. The molecule has 0 amide bonds. The monoisotopic (exact) mass is 262 g/mol. The van der Waals surface area contributed by atoms with Gasteiger partial charge in [-0.3, -0.25) is 4.98 Å². The van der Waals surface area contributed by atoms with Crippen molar-refractivity contribution in [1.82, 2.24) is 9.97 Å². The maximum Gasteiger partial charge on any atom is 0.115 e. The quantitative estimate of drug-likeness (QED) is 0.868. The summed E-state index contributed by atoms with van der Waals surface area (Å²) in [5.41, 5.74) is 2.00. The van der Waals surface area contributed by atoms with E-state index >= 15 is 0 Å². The first-order valence-electron chi connectivity index (χ1n) is 6.07. The van der Waals surface area contributed by atoms with Crippen molar-refractivity contribution in [1.29, 1.82) is 0 Å². The third-order valence-corrected chi connectivity index (χ3v) is 4.02. The average Bonchev–Trinajstić information content (AvgIpc) is 2.88. The lowest BCUT2D eigenvalue weighted by molar-refractivity contribution is 0.868. The second-order valence-electron chi connectivity index (χ2n) is 4.10. The standard InChI is InChI=1S/C13H18N4S/c1-4-12-8-16-13(18-12)9(2)17-11-5-10(14-3)6-15-7-11/h5-9,14,17H,4H2,1-3H3. The first-order valence-corrected chi connectivity index (χ1v) is 6.88. The molecule has 0 bridgehead atoms. The van der Waals surface area contributed by atoms with Gasteiger partial charge < -0.3 is 10.6 Å². The molecule has 2 rings (SSSR count). The Morgan fingerprint density at radius 3 is 2.72 bits per heavy atom. The normalized spacial score (nSPS) is 12.2. The van der Waals surface area contributed by atoms with E-state index in [1.807, 2.05) is 25.5 Å². The van der Waals surface area contributed by atoms with Crippen molar-refractivity contribution in [2.24, 2.45) is 0 Å². The lowest BCUT2D eigenvalue weighted by atomic mass is 10.3. The smallest absolute Gasteiger partial charge is 0.115 e. The molecule has 0 aliphatic rings. The average molecular weight is 262 g/mol. The molecule has 0 aromatic carbocycles. The van der Waals surface area contributed by atoms with Crippen LogP contribution >= 0.6 is 11.3 Å². The van der Waals surface area contributed by atoms with Gasteiger partial charge in [-0.2, -0.15) is 0 Å². The minimum absolute atomic E-state index is 0.198. The third kappa shape index (κ3) is 2.98. The summed E-state index contributed by atoms with van der Waals surface area (Å²) in [6.07, 6.45) is 6.63. The van der Waals surface area contributed by atoms with E-state index in [2.05, 4.69) is 34.4 Å². The number of aromatic nitrogens is 2. The van der Waals surface area contributed by atoms with Gasteiger partial charge in [-0.15, -0.1) is 11.3 Å². The molecule has 2 aromatic heterocycles. The summed E-state index contributed by atoms with van der Waals surface area (Å²) in [4.78, 5) is 9.95. The highest BCUT2D eigenvalue weighted by atomic mass is 32.1. The molecule has 0 spiro atoms. The fourth-order valence-electron chi connectivity index (χ4n) is 1.65. The zero-order valence-electron chi connectivity index (χ0n) is 10.9. The number of hydrogen-bond donors (Lipinski definition) is 2. The molecular weight excluding hydrogens is 244 g/mol. The van der Waals surface area contributed by atoms with Crippen molar-refractivity contribution in [3.63, 3.8) is 0 Å². The van der Waals surface area contributed by atoms with Crippen molar-refractivity contribution < 1.29 is 0 Å². The lowest BCUT2D eigenvalue weighted by Gasteiger charge is -2.13. The Labute approximate surface area is 111 Å². The molecule has 1 unspecified atom stereocenters. The molecule has 96 valence electrons. The van der Waals surface area contributed by atoms with E-state index in [4.69, 9.17) is 0 Å². The Morgan fingerprint density at radius 2 is 2.06 bits per heavy atom. The van der Waals surface area contributed by atoms with Gasteiger partial charge >= 0.3 is 0 Å². The van der Waals surface area contributed by atoms with Crippen LogP contribution < -0.4 is 10.6 Å².